The van der Waals surface area contributed by atoms with E-state index in [1.165, 1.54) is 0 Å². The summed E-state index contributed by atoms with van der Waals surface area (Å²) in [6.45, 7) is -1.62. The van der Waals surface area contributed by atoms with Crippen LogP contribution in [0.25, 0.3) is 0 Å². The van der Waals surface area contributed by atoms with Gasteiger partial charge in [-0.15, -0.1) is 0 Å². The lowest BCUT2D eigenvalue weighted by Crippen LogP contribution is -2.73. The third-order valence-corrected chi connectivity index (χ3v) is 3.82. The minimum Gasteiger partial charge on any atom is -0.324 e. The van der Waals surface area contributed by atoms with E-state index >= 15 is 0 Å². The van der Waals surface area contributed by atoms with Gasteiger partial charge in [0.2, 0.25) is 0 Å². The third-order valence-electron chi connectivity index (χ3n) is 3.82. The van der Waals surface area contributed by atoms with Gasteiger partial charge in [-0.2, -0.15) is 52.7 Å². The third kappa shape index (κ3) is 3.79. The van der Waals surface area contributed by atoms with E-state index in [4.69, 9.17) is 0 Å². The van der Waals surface area contributed by atoms with E-state index < -0.39 is 59.5 Å². The summed E-state index contributed by atoms with van der Waals surface area (Å²) in [5, 5.41) is 0. The topological polar surface area (TPSA) is 0 Å². The van der Waals surface area contributed by atoms with Gasteiger partial charge in [-0.3, -0.25) is 0 Å². The molecule has 0 atom stereocenters. The standard InChI is InChI=1S/C12H14F14N/c1-4-27(2,3)5-7(15,16)9(19,20)11(23,24)12(25,26)10(21,22)8(17,18)6(13)14/h6H,4-5H2,1-3H3/q+1. The van der Waals surface area contributed by atoms with Crippen LogP contribution >= 0.6 is 0 Å². The lowest BCUT2D eigenvalue weighted by molar-refractivity contribution is -0.898. The number of halogens is 14. The number of nitrogens with zero attached hydrogens (tertiary/aromatic N) is 1. The van der Waals surface area contributed by atoms with Crippen LogP contribution in [0.4, 0.5) is 61.5 Å². The van der Waals surface area contributed by atoms with Gasteiger partial charge in [-0.1, -0.05) is 0 Å². The lowest BCUT2D eigenvalue weighted by atomic mass is 9.91. The number of hydrogen-bond acceptors (Lipinski definition) is 0. The molecule has 0 aliphatic carbocycles. The number of alkyl halides is 14. The van der Waals surface area contributed by atoms with Gasteiger partial charge in [-0.25, -0.2) is 8.78 Å². The van der Waals surface area contributed by atoms with Crippen LogP contribution in [0.2, 0.25) is 0 Å². The molecule has 0 rings (SSSR count). The van der Waals surface area contributed by atoms with E-state index in [1.54, 1.807) is 0 Å². The van der Waals surface area contributed by atoms with Crippen molar-refractivity contribution in [2.24, 2.45) is 0 Å². The number of hydrogen-bond donors (Lipinski definition) is 0. The first-order chi connectivity index (χ1) is 11.5. The van der Waals surface area contributed by atoms with Crippen LogP contribution in [0.3, 0.4) is 0 Å². The molecule has 0 aliphatic rings. The van der Waals surface area contributed by atoms with Gasteiger partial charge in [0.05, 0.1) is 20.6 Å². The summed E-state index contributed by atoms with van der Waals surface area (Å²) in [7, 11) is 1.53. The molecule has 0 saturated carbocycles. The minimum atomic E-state index is -7.96. The van der Waals surface area contributed by atoms with Crippen molar-refractivity contribution in [3.8, 4) is 0 Å². The molecular weight excluding hydrogens is 424 g/mol. The van der Waals surface area contributed by atoms with Crippen molar-refractivity contribution in [1.82, 2.24) is 0 Å². The van der Waals surface area contributed by atoms with Gasteiger partial charge >= 0.3 is 42.0 Å². The maximum atomic E-state index is 13.6. The number of rotatable bonds is 9. The Balaban J connectivity index is 6.36. The molecule has 0 aromatic heterocycles. The normalized spacial score (nSPS) is 16.2. The lowest BCUT2D eigenvalue weighted by Gasteiger charge is -2.42. The minimum absolute atomic E-state index is 0.437. The molecule has 0 heterocycles. The van der Waals surface area contributed by atoms with Gasteiger partial charge in [0.1, 0.15) is 6.54 Å². The van der Waals surface area contributed by atoms with Crippen molar-refractivity contribution in [3.63, 3.8) is 0 Å². The summed E-state index contributed by atoms with van der Waals surface area (Å²) in [5.41, 5.74) is 0. The Bertz CT molecular complexity index is 524. The Kier molecular flexibility index (Phi) is 6.54. The Hall–Kier alpha value is -1.02. The van der Waals surface area contributed by atoms with Crippen LogP contribution in [-0.4, -0.2) is 73.6 Å². The Morgan fingerprint density at radius 3 is 1.26 bits per heavy atom. The second-order valence-electron chi connectivity index (χ2n) is 6.34. The van der Waals surface area contributed by atoms with Crippen molar-refractivity contribution in [1.29, 1.82) is 0 Å². The van der Waals surface area contributed by atoms with Crippen molar-refractivity contribution < 1.29 is 65.9 Å². The smallest absolute Gasteiger partial charge is 0.324 e. The van der Waals surface area contributed by atoms with E-state index in [0.29, 0.717) is 0 Å². The predicted molar refractivity (Wildman–Crippen MR) is 63.2 cm³/mol. The zero-order valence-electron chi connectivity index (χ0n) is 13.7. The average Bonchev–Trinajstić information content (AvgIpc) is 2.44. The molecule has 0 aromatic rings. The Labute approximate surface area is 143 Å². The summed E-state index contributed by atoms with van der Waals surface area (Å²) in [4.78, 5) is 0. The zero-order chi connectivity index (χ0) is 22.5. The highest BCUT2D eigenvalue weighted by Crippen LogP contribution is 2.60. The van der Waals surface area contributed by atoms with Crippen LogP contribution in [0.5, 0.6) is 0 Å². The molecule has 0 amide bonds. The summed E-state index contributed by atoms with van der Waals surface area (Å²) in [6, 6.07) is 0. The first-order valence-electron chi connectivity index (χ1n) is 6.83. The fourth-order valence-electron chi connectivity index (χ4n) is 1.72. The molecule has 0 aromatic carbocycles. The highest BCUT2D eigenvalue weighted by molar-refractivity contribution is 5.12. The zero-order valence-corrected chi connectivity index (χ0v) is 13.7. The molecule has 0 saturated heterocycles. The summed E-state index contributed by atoms with van der Waals surface area (Å²) >= 11 is 0. The van der Waals surface area contributed by atoms with Crippen molar-refractivity contribution in [3.05, 3.63) is 0 Å². The molecule has 0 spiro atoms. The van der Waals surface area contributed by atoms with Gasteiger partial charge in [0, 0.05) is 0 Å². The van der Waals surface area contributed by atoms with Crippen LogP contribution in [-0.2, 0) is 0 Å². The molecule has 0 radical (unpaired) electrons. The second kappa shape index (κ2) is 6.79. The molecule has 0 unspecified atom stereocenters. The molecule has 0 aliphatic heterocycles. The summed E-state index contributed by atoms with van der Waals surface area (Å²) in [6.07, 6.45) is -5.68. The van der Waals surface area contributed by atoms with E-state index in [-0.39, 0.29) is 0 Å². The van der Waals surface area contributed by atoms with E-state index in [0.717, 1.165) is 21.0 Å². The average molecular weight is 438 g/mol. The molecule has 27 heavy (non-hydrogen) atoms. The van der Waals surface area contributed by atoms with E-state index in [2.05, 4.69) is 0 Å². The fraction of sp³-hybridized carbons (Fsp3) is 1.00. The molecule has 0 N–H and O–H groups in total. The van der Waals surface area contributed by atoms with Gasteiger partial charge in [0.25, 0.3) is 0 Å². The maximum absolute atomic E-state index is 13.6. The van der Waals surface area contributed by atoms with E-state index in [1.807, 2.05) is 0 Å². The first-order valence-corrected chi connectivity index (χ1v) is 6.83. The monoisotopic (exact) mass is 438 g/mol. The maximum Gasteiger partial charge on any atom is 0.384 e. The van der Waals surface area contributed by atoms with Crippen LogP contribution in [0.1, 0.15) is 6.92 Å². The molecule has 0 fully saturated rings. The van der Waals surface area contributed by atoms with Crippen LogP contribution < -0.4 is 0 Å². The number of quaternary nitrogens is 1. The van der Waals surface area contributed by atoms with Gasteiger partial charge in [0.15, 0.2) is 0 Å². The van der Waals surface area contributed by atoms with E-state index in [9.17, 15) is 61.5 Å². The van der Waals surface area contributed by atoms with Crippen LogP contribution in [0.15, 0.2) is 0 Å². The highest BCUT2D eigenvalue weighted by Gasteiger charge is 2.91. The highest BCUT2D eigenvalue weighted by atomic mass is 19.4. The molecule has 15 heteroatoms. The fourth-order valence-corrected chi connectivity index (χ4v) is 1.72. The predicted octanol–water partition coefficient (Wildman–Crippen LogP) is 5.16. The molecular formula is C12H14F14N+. The molecule has 0 bridgehead atoms. The van der Waals surface area contributed by atoms with Crippen molar-refractivity contribution in [2.45, 2.75) is 48.9 Å². The Morgan fingerprint density at radius 2 is 0.963 bits per heavy atom. The summed E-state index contributed by atoms with van der Waals surface area (Å²) < 4.78 is 181. The largest absolute Gasteiger partial charge is 0.384 e. The van der Waals surface area contributed by atoms with Crippen molar-refractivity contribution >= 4 is 0 Å². The van der Waals surface area contributed by atoms with Crippen molar-refractivity contribution in [2.75, 3.05) is 27.2 Å². The SMILES string of the molecule is CC[N+](C)(C)CC(F)(F)C(F)(F)C(F)(F)C(F)(F)C(F)(F)C(F)(F)C(F)F. The Morgan fingerprint density at radius 1 is 0.630 bits per heavy atom. The second-order valence-corrected chi connectivity index (χ2v) is 6.34. The van der Waals surface area contributed by atoms with Gasteiger partial charge < -0.3 is 4.48 Å². The summed E-state index contributed by atoms with van der Waals surface area (Å²) in [5.74, 6) is -44.2. The quantitative estimate of drug-likeness (QED) is 0.345. The van der Waals surface area contributed by atoms with Gasteiger partial charge in [-0.05, 0) is 6.92 Å². The first kappa shape index (κ1) is 26.0. The van der Waals surface area contributed by atoms with Crippen LogP contribution in [0, 0.1) is 0 Å². The molecule has 164 valence electrons. The molecule has 1 nitrogen and oxygen atoms in total.